The summed E-state index contributed by atoms with van der Waals surface area (Å²) in [6, 6.07) is 8.59. The zero-order valence-corrected chi connectivity index (χ0v) is 11.3. The number of aryl methyl sites for hydroxylation is 2. The van der Waals surface area contributed by atoms with Crippen molar-refractivity contribution in [2.24, 2.45) is 7.05 Å². The molecule has 4 heterocycles. The Bertz CT molecular complexity index is 1020. The molecule has 5 rings (SSSR count). The molecule has 0 aliphatic carbocycles. The SMILES string of the molecule is Cc1ccc2ccn3c4coc5cc[n+](C)c(c1c23)c54. The van der Waals surface area contributed by atoms with Crippen LogP contribution in [0.25, 0.3) is 38.3 Å². The van der Waals surface area contributed by atoms with E-state index in [1.165, 1.54) is 32.8 Å². The van der Waals surface area contributed by atoms with Gasteiger partial charge in [0.2, 0.25) is 5.52 Å². The number of pyridine rings is 2. The molecule has 0 bridgehead atoms. The minimum absolute atomic E-state index is 0.948. The van der Waals surface area contributed by atoms with Gasteiger partial charge in [0.1, 0.15) is 24.3 Å². The first-order chi connectivity index (χ1) is 9.75. The Labute approximate surface area is 115 Å². The van der Waals surface area contributed by atoms with E-state index in [4.69, 9.17) is 4.42 Å². The number of benzene rings is 1. The highest BCUT2D eigenvalue weighted by Crippen LogP contribution is 2.36. The lowest BCUT2D eigenvalue weighted by Crippen LogP contribution is -2.28. The number of hydrogen-bond donors (Lipinski definition) is 0. The minimum Gasteiger partial charge on any atom is -0.462 e. The molecule has 3 heteroatoms. The second-order valence-electron chi connectivity index (χ2n) is 5.52. The third-order valence-corrected chi connectivity index (χ3v) is 4.40. The van der Waals surface area contributed by atoms with Crippen LogP contribution in [0.4, 0.5) is 0 Å². The zero-order chi connectivity index (χ0) is 13.4. The molecule has 0 radical (unpaired) electrons. The van der Waals surface area contributed by atoms with Crippen molar-refractivity contribution in [3.05, 3.63) is 48.5 Å². The summed E-state index contributed by atoms with van der Waals surface area (Å²) >= 11 is 0. The van der Waals surface area contributed by atoms with Crippen LogP contribution in [0.1, 0.15) is 5.56 Å². The molecule has 0 amide bonds. The van der Waals surface area contributed by atoms with Gasteiger partial charge in [0, 0.05) is 17.6 Å². The van der Waals surface area contributed by atoms with Gasteiger partial charge in [0.25, 0.3) is 0 Å². The summed E-state index contributed by atoms with van der Waals surface area (Å²) in [7, 11) is 2.10. The number of furan rings is 1. The lowest BCUT2D eigenvalue weighted by molar-refractivity contribution is -0.643. The topological polar surface area (TPSA) is 21.4 Å². The molecule has 0 fully saturated rings. The number of hydrogen-bond acceptors (Lipinski definition) is 1. The highest BCUT2D eigenvalue weighted by Gasteiger charge is 2.22. The number of aromatic nitrogens is 2. The van der Waals surface area contributed by atoms with E-state index < -0.39 is 0 Å². The predicted molar refractivity (Wildman–Crippen MR) is 79.3 cm³/mol. The van der Waals surface area contributed by atoms with Crippen LogP contribution in [0.3, 0.4) is 0 Å². The van der Waals surface area contributed by atoms with E-state index in [2.05, 4.69) is 53.5 Å². The van der Waals surface area contributed by atoms with Crippen molar-refractivity contribution in [3.8, 4) is 0 Å². The van der Waals surface area contributed by atoms with Gasteiger partial charge >= 0.3 is 0 Å². The Morgan fingerprint density at radius 1 is 1.10 bits per heavy atom. The highest BCUT2D eigenvalue weighted by molar-refractivity contribution is 6.19. The molecular formula is C17H13N2O+. The monoisotopic (exact) mass is 261 g/mol. The first-order valence-corrected chi connectivity index (χ1v) is 6.77. The van der Waals surface area contributed by atoms with Gasteiger partial charge in [-0.3, -0.25) is 0 Å². The van der Waals surface area contributed by atoms with Gasteiger partial charge in [0.05, 0.1) is 16.4 Å². The van der Waals surface area contributed by atoms with Crippen LogP contribution in [0.15, 0.2) is 47.3 Å². The Kier molecular flexibility index (Phi) is 1.60. The third-order valence-electron chi connectivity index (χ3n) is 4.40. The van der Waals surface area contributed by atoms with Crippen molar-refractivity contribution in [1.82, 2.24) is 4.40 Å². The largest absolute Gasteiger partial charge is 0.462 e. The van der Waals surface area contributed by atoms with Crippen LogP contribution in [0.5, 0.6) is 0 Å². The van der Waals surface area contributed by atoms with Crippen molar-refractivity contribution < 1.29 is 8.98 Å². The molecule has 5 aromatic rings. The fourth-order valence-electron chi connectivity index (χ4n) is 3.46. The van der Waals surface area contributed by atoms with Crippen molar-refractivity contribution in [1.29, 1.82) is 0 Å². The standard InChI is InChI=1S/C17H13N2O/c1-10-3-4-11-5-8-19-12-9-20-13-6-7-18(2)17(15(12)13)14(10)16(11)19/h3-9H,1-2H3/q+1. The van der Waals surface area contributed by atoms with Crippen molar-refractivity contribution in [3.63, 3.8) is 0 Å². The summed E-state index contributed by atoms with van der Waals surface area (Å²) < 4.78 is 10.2. The third kappa shape index (κ3) is 0.977. The van der Waals surface area contributed by atoms with Gasteiger partial charge in [-0.2, -0.15) is 0 Å². The Balaban J connectivity index is 2.35. The molecule has 1 aromatic carbocycles. The Hall–Kier alpha value is -2.55. The maximum atomic E-state index is 5.75. The zero-order valence-electron chi connectivity index (χ0n) is 11.3. The quantitative estimate of drug-likeness (QED) is 0.308. The summed E-state index contributed by atoms with van der Waals surface area (Å²) in [5, 5.41) is 3.79. The molecule has 0 unspecified atom stereocenters. The predicted octanol–water partition coefficient (Wildman–Crippen LogP) is 3.56. The van der Waals surface area contributed by atoms with Gasteiger partial charge in [-0.15, -0.1) is 0 Å². The molecule has 3 nitrogen and oxygen atoms in total. The molecular weight excluding hydrogens is 248 g/mol. The van der Waals surface area contributed by atoms with E-state index in [0.29, 0.717) is 0 Å². The smallest absolute Gasteiger partial charge is 0.228 e. The van der Waals surface area contributed by atoms with Crippen molar-refractivity contribution >= 4 is 38.3 Å². The maximum Gasteiger partial charge on any atom is 0.228 e. The van der Waals surface area contributed by atoms with Gasteiger partial charge in [-0.1, -0.05) is 12.1 Å². The fraction of sp³-hybridized carbons (Fsp3) is 0.118. The molecule has 0 saturated heterocycles. The van der Waals surface area contributed by atoms with E-state index in [1.54, 1.807) is 0 Å². The fourth-order valence-corrected chi connectivity index (χ4v) is 3.46. The van der Waals surface area contributed by atoms with E-state index in [1.807, 2.05) is 12.3 Å². The molecule has 0 aliphatic rings. The Morgan fingerprint density at radius 2 is 2.00 bits per heavy atom. The van der Waals surface area contributed by atoms with Crippen LogP contribution in [-0.4, -0.2) is 4.40 Å². The normalized spacial score (nSPS) is 12.5. The summed E-state index contributed by atoms with van der Waals surface area (Å²) in [5.41, 5.74) is 5.91. The summed E-state index contributed by atoms with van der Waals surface area (Å²) in [6.45, 7) is 2.18. The first kappa shape index (κ1) is 10.3. The van der Waals surface area contributed by atoms with Crippen LogP contribution >= 0.6 is 0 Å². The van der Waals surface area contributed by atoms with E-state index >= 15 is 0 Å². The van der Waals surface area contributed by atoms with Crippen LogP contribution in [-0.2, 0) is 7.05 Å². The number of rotatable bonds is 0. The molecule has 0 spiro atoms. The lowest BCUT2D eigenvalue weighted by Gasteiger charge is -2.07. The van der Waals surface area contributed by atoms with Crippen molar-refractivity contribution in [2.75, 3.05) is 0 Å². The molecule has 20 heavy (non-hydrogen) atoms. The number of nitrogens with zero attached hydrogens (tertiary/aromatic N) is 2. The van der Waals surface area contributed by atoms with Crippen molar-refractivity contribution in [2.45, 2.75) is 6.92 Å². The summed E-state index contributed by atoms with van der Waals surface area (Å²) in [5.74, 6) is 0. The molecule has 0 N–H and O–H groups in total. The van der Waals surface area contributed by atoms with E-state index in [9.17, 15) is 0 Å². The van der Waals surface area contributed by atoms with Crippen LogP contribution < -0.4 is 4.57 Å². The Morgan fingerprint density at radius 3 is 2.90 bits per heavy atom. The van der Waals surface area contributed by atoms with Crippen LogP contribution in [0, 0.1) is 6.92 Å². The maximum absolute atomic E-state index is 5.75. The van der Waals surface area contributed by atoms with E-state index in [-0.39, 0.29) is 0 Å². The lowest BCUT2D eigenvalue weighted by atomic mass is 10.0. The average molecular weight is 261 g/mol. The van der Waals surface area contributed by atoms with Gasteiger partial charge in [-0.25, -0.2) is 4.57 Å². The second-order valence-corrected chi connectivity index (χ2v) is 5.52. The average Bonchev–Trinajstić information content (AvgIpc) is 3.04. The molecule has 0 atom stereocenters. The summed E-state index contributed by atoms with van der Waals surface area (Å²) in [6.07, 6.45) is 6.06. The van der Waals surface area contributed by atoms with Crippen LogP contribution in [0.2, 0.25) is 0 Å². The minimum atomic E-state index is 0.948. The summed E-state index contributed by atoms with van der Waals surface area (Å²) in [4.78, 5) is 0. The van der Waals surface area contributed by atoms with E-state index in [0.717, 1.165) is 11.1 Å². The molecule has 4 aromatic heterocycles. The van der Waals surface area contributed by atoms with Gasteiger partial charge < -0.3 is 8.82 Å². The number of fused-ring (bicyclic) bond motifs is 2. The highest BCUT2D eigenvalue weighted by atomic mass is 16.3. The second kappa shape index (κ2) is 3.12. The van der Waals surface area contributed by atoms with Gasteiger partial charge in [-0.05, 0) is 18.6 Å². The van der Waals surface area contributed by atoms with Gasteiger partial charge in [0.15, 0.2) is 6.20 Å². The molecule has 0 aliphatic heterocycles. The first-order valence-electron chi connectivity index (χ1n) is 6.77. The molecule has 0 saturated carbocycles. The molecule has 96 valence electrons.